The van der Waals surface area contributed by atoms with Crippen molar-refractivity contribution in [3.63, 3.8) is 0 Å². The number of hydrogen-bond acceptors (Lipinski definition) is 7. The van der Waals surface area contributed by atoms with Crippen LogP contribution in [-0.4, -0.2) is 68.0 Å². The molecule has 4 atom stereocenters. The Bertz CT molecular complexity index is 968. The highest BCUT2D eigenvalue weighted by Crippen LogP contribution is 2.33. The lowest BCUT2D eigenvalue weighted by Crippen LogP contribution is -2.49. The number of ether oxygens (including phenoxy) is 3. The third kappa shape index (κ3) is 8.63. The molecule has 2 aliphatic rings. The molecule has 1 aliphatic carbocycles. The molecule has 210 valence electrons. The second kappa shape index (κ2) is 13.8. The van der Waals surface area contributed by atoms with E-state index in [0.29, 0.717) is 37.7 Å². The number of carbonyl (C=O) groups is 4. The van der Waals surface area contributed by atoms with Crippen LogP contribution in [0.1, 0.15) is 64.9 Å². The summed E-state index contributed by atoms with van der Waals surface area (Å²) in [5.74, 6) is -0.742. The second-order valence-corrected chi connectivity index (χ2v) is 10.7. The van der Waals surface area contributed by atoms with Crippen LogP contribution in [0.15, 0.2) is 24.3 Å². The van der Waals surface area contributed by atoms with Gasteiger partial charge in [-0.25, -0.2) is 0 Å². The molecule has 1 saturated heterocycles. The van der Waals surface area contributed by atoms with Gasteiger partial charge in [0.05, 0.1) is 25.8 Å². The highest BCUT2D eigenvalue weighted by molar-refractivity contribution is 5.98. The molecule has 9 nitrogen and oxygen atoms in total. The molecule has 0 aromatic heterocycles. The van der Waals surface area contributed by atoms with E-state index < -0.39 is 23.6 Å². The van der Waals surface area contributed by atoms with Gasteiger partial charge in [0.15, 0.2) is 11.6 Å². The van der Waals surface area contributed by atoms with Crippen molar-refractivity contribution in [1.29, 1.82) is 0 Å². The van der Waals surface area contributed by atoms with Crippen LogP contribution >= 0.6 is 0 Å². The number of carbonyl (C=O) groups excluding carboxylic acids is 4. The Hall–Kier alpha value is -2.78. The number of rotatable bonds is 16. The van der Waals surface area contributed by atoms with Crippen LogP contribution in [0.25, 0.3) is 0 Å². The van der Waals surface area contributed by atoms with E-state index in [9.17, 15) is 19.2 Å². The molecule has 2 amide bonds. The van der Waals surface area contributed by atoms with Gasteiger partial charge in [0.2, 0.25) is 11.8 Å². The topological polar surface area (TPSA) is 123 Å². The second-order valence-electron chi connectivity index (χ2n) is 10.7. The van der Waals surface area contributed by atoms with E-state index in [4.69, 9.17) is 14.2 Å². The standard InChI is InChI=1S/C29H42N2O7/c1-5-37-17-26(33)30-19(2)25(32)16-22(14-21-10-12-23(36-4)13-11-21)28(35)31-24(15-20-8-6-7-9-20)27(34)29(3)18-38-29/h10-13,19-20,22,24H,5-9,14-18H2,1-4H3,(H,30,33)(H,31,35)/t19-,22+,24-,29+/m0/s1. The smallest absolute Gasteiger partial charge is 0.246 e. The number of methoxy groups -OCH3 is 1. The molecule has 0 radical (unpaired) electrons. The van der Waals surface area contributed by atoms with Crippen molar-refractivity contribution in [3.8, 4) is 5.75 Å². The van der Waals surface area contributed by atoms with Gasteiger partial charge >= 0.3 is 0 Å². The number of hydrogen-bond donors (Lipinski definition) is 2. The first-order valence-electron chi connectivity index (χ1n) is 13.7. The lowest BCUT2D eigenvalue weighted by atomic mass is 9.88. The Morgan fingerprint density at radius 2 is 1.76 bits per heavy atom. The van der Waals surface area contributed by atoms with Gasteiger partial charge in [0, 0.05) is 18.9 Å². The van der Waals surface area contributed by atoms with Crippen molar-refractivity contribution in [2.24, 2.45) is 11.8 Å². The minimum absolute atomic E-state index is 0.0773. The zero-order valence-corrected chi connectivity index (χ0v) is 23.0. The molecule has 1 saturated carbocycles. The van der Waals surface area contributed by atoms with Crippen molar-refractivity contribution < 1.29 is 33.4 Å². The number of Topliss-reactive ketones (excluding diaryl/α,β-unsaturated/α-hetero) is 2. The summed E-state index contributed by atoms with van der Waals surface area (Å²) in [6.45, 7) is 5.76. The van der Waals surface area contributed by atoms with Gasteiger partial charge < -0.3 is 24.8 Å². The monoisotopic (exact) mass is 530 g/mol. The summed E-state index contributed by atoms with van der Waals surface area (Å²) in [5, 5.41) is 5.63. The van der Waals surface area contributed by atoms with Crippen LogP contribution in [0.2, 0.25) is 0 Å². The van der Waals surface area contributed by atoms with Gasteiger partial charge in [-0.15, -0.1) is 0 Å². The van der Waals surface area contributed by atoms with Gasteiger partial charge in [0.1, 0.15) is 18.0 Å². The first kappa shape index (κ1) is 29.8. The molecule has 0 spiro atoms. The number of ketones is 2. The number of epoxide rings is 1. The average Bonchev–Trinajstić information content (AvgIpc) is 3.45. The molecule has 2 N–H and O–H groups in total. The quantitative estimate of drug-likeness (QED) is 0.315. The summed E-state index contributed by atoms with van der Waals surface area (Å²) >= 11 is 0. The van der Waals surface area contributed by atoms with Crippen LogP contribution in [0, 0.1) is 11.8 Å². The summed E-state index contributed by atoms with van der Waals surface area (Å²) in [5.41, 5.74) is 0.0138. The molecule has 0 bridgehead atoms. The SMILES string of the molecule is CCOCC(=O)N[C@@H](C)C(=O)C[C@@H](Cc1ccc(OC)cc1)C(=O)N[C@@H](CC1CCCC1)C(=O)[C@@]1(C)CO1. The van der Waals surface area contributed by atoms with Crippen LogP contribution in [0.3, 0.4) is 0 Å². The first-order valence-corrected chi connectivity index (χ1v) is 13.7. The fourth-order valence-corrected chi connectivity index (χ4v) is 5.00. The molecular weight excluding hydrogens is 488 g/mol. The highest BCUT2D eigenvalue weighted by atomic mass is 16.6. The van der Waals surface area contributed by atoms with Gasteiger partial charge in [-0.1, -0.05) is 37.8 Å². The van der Waals surface area contributed by atoms with E-state index in [0.717, 1.165) is 31.2 Å². The zero-order chi connectivity index (χ0) is 27.7. The van der Waals surface area contributed by atoms with Crippen molar-refractivity contribution >= 4 is 23.4 Å². The molecule has 3 rings (SSSR count). The Morgan fingerprint density at radius 3 is 2.34 bits per heavy atom. The largest absolute Gasteiger partial charge is 0.497 e. The minimum Gasteiger partial charge on any atom is -0.497 e. The van der Waals surface area contributed by atoms with Gasteiger partial charge in [-0.05, 0) is 57.2 Å². The van der Waals surface area contributed by atoms with E-state index in [1.54, 1.807) is 40.0 Å². The Labute approximate surface area is 225 Å². The fraction of sp³-hybridized carbons (Fsp3) is 0.655. The lowest BCUT2D eigenvalue weighted by Gasteiger charge is -2.26. The fourth-order valence-electron chi connectivity index (χ4n) is 5.00. The molecule has 2 fully saturated rings. The Morgan fingerprint density at radius 1 is 1.11 bits per heavy atom. The summed E-state index contributed by atoms with van der Waals surface area (Å²) in [4.78, 5) is 52.0. The van der Waals surface area contributed by atoms with Crippen LogP contribution in [-0.2, 0) is 35.1 Å². The van der Waals surface area contributed by atoms with Crippen molar-refractivity contribution in [3.05, 3.63) is 29.8 Å². The third-order valence-electron chi connectivity index (χ3n) is 7.53. The first-order chi connectivity index (χ1) is 18.1. The normalized spacial score (nSPS) is 21.3. The summed E-state index contributed by atoms with van der Waals surface area (Å²) in [6.07, 6.45) is 5.17. The number of benzene rings is 1. The number of nitrogens with one attached hydrogen (secondary N) is 2. The molecular formula is C29H42N2O7. The van der Waals surface area contributed by atoms with E-state index in [-0.39, 0.29) is 36.4 Å². The van der Waals surface area contributed by atoms with Gasteiger partial charge in [0.25, 0.3) is 0 Å². The van der Waals surface area contributed by atoms with Crippen LogP contribution in [0.4, 0.5) is 0 Å². The van der Waals surface area contributed by atoms with Crippen molar-refractivity contribution in [1.82, 2.24) is 10.6 Å². The van der Waals surface area contributed by atoms with Crippen LogP contribution < -0.4 is 15.4 Å². The third-order valence-corrected chi connectivity index (χ3v) is 7.53. The maximum atomic E-state index is 13.6. The average molecular weight is 531 g/mol. The summed E-state index contributed by atoms with van der Waals surface area (Å²) in [6, 6.07) is 5.90. The molecule has 1 aromatic rings. The molecule has 1 heterocycles. The molecule has 9 heteroatoms. The highest BCUT2D eigenvalue weighted by Gasteiger charge is 2.50. The predicted molar refractivity (Wildman–Crippen MR) is 142 cm³/mol. The molecule has 1 aromatic carbocycles. The van der Waals surface area contributed by atoms with Gasteiger partial charge in [-0.2, -0.15) is 0 Å². The molecule has 0 unspecified atom stereocenters. The maximum absolute atomic E-state index is 13.6. The lowest BCUT2D eigenvalue weighted by molar-refractivity contribution is -0.135. The minimum atomic E-state index is -0.850. The van der Waals surface area contributed by atoms with E-state index in [1.165, 1.54) is 0 Å². The maximum Gasteiger partial charge on any atom is 0.246 e. The van der Waals surface area contributed by atoms with Crippen molar-refractivity contribution in [2.75, 3.05) is 26.9 Å². The molecule has 38 heavy (non-hydrogen) atoms. The van der Waals surface area contributed by atoms with E-state index in [2.05, 4.69) is 10.6 Å². The number of amides is 2. The van der Waals surface area contributed by atoms with E-state index in [1.807, 2.05) is 12.1 Å². The molecule has 1 aliphatic heterocycles. The van der Waals surface area contributed by atoms with Gasteiger partial charge in [-0.3, -0.25) is 19.2 Å². The van der Waals surface area contributed by atoms with Crippen LogP contribution in [0.5, 0.6) is 5.75 Å². The Kier molecular flexibility index (Phi) is 10.8. The van der Waals surface area contributed by atoms with E-state index >= 15 is 0 Å². The Balaban J connectivity index is 1.74. The zero-order valence-electron chi connectivity index (χ0n) is 23.0. The van der Waals surface area contributed by atoms with Crippen molar-refractivity contribution in [2.45, 2.75) is 83.4 Å². The summed E-state index contributed by atoms with van der Waals surface area (Å²) in [7, 11) is 1.58. The summed E-state index contributed by atoms with van der Waals surface area (Å²) < 4.78 is 15.7. The predicted octanol–water partition coefficient (Wildman–Crippen LogP) is 2.78.